The predicted octanol–water partition coefficient (Wildman–Crippen LogP) is 2.74. The fraction of sp³-hybridized carbons (Fsp3) is 0.533. The summed E-state index contributed by atoms with van der Waals surface area (Å²) >= 11 is 0. The smallest absolute Gasteiger partial charge is 0.170 e. The molecule has 2 rings (SSSR count). The maximum Gasteiger partial charge on any atom is 0.170 e. The van der Waals surface area contributed by atoms with Crippen molar-refractivity contribution in [1.82, 2.24) is 0 Å². The zero-order valence-electron chi connectivity index (χ0n) is 10.6. The van der Waals surface area contributed by atoms with Crippen molar-refractivity contribution in [3.8, 4) is 0 Å². The lowest BCUT2D eigenvalue weighted by molar-refractivity contribution is -0.151. The summed E-state index contributed by atoms with van der Waals surface area (Å²) in [6.45, 7) is 3.63. The van der Waals surface area contributed by atoms with E-state index in [9.17, 15) is 9.90 Å². The largest absolute Gasteiger partial charge is 0.382 e. The molecular weight excluding hydrogens is 212 g/mol. The minimum atomic E-state index is -1.14. The van der Waals surface area contributed by atoms with Gasteiger partial charge >= 0.3 is 0 Å². The summed E-state index contributed by atoms with van der Waals surface area (Å²) in [4.78, 5) is 12.3. The second-order valence-corrected chi connectivity index (χ2v) is 5.68. The first-order valence-corrected chi connectivity index (χ1v) is 6.25. The fourth-order valence-electron chi connectivity index (χ4n) is 2.92. The minimum Gasteiger partial charge on any atom is -0.382 e. The molecule has 0 amide bonds. The van der Waals surface area contributed by atoms with Gasteiger partial charge in [0.1, 0.15) is 5.60 Å². The summed E-state index contributed by atoms with van der Waals surface area (Å²) in [6.07, 6.45) is 3.11. The normalized spacial score (nSPS) is 33.7. The third-order valence-corrected chi connectivity index (χ3v) is 3.87. The Morgan fingerprint density at radius 1 is 1.18 bits per heavy atom. The first-order chi connectivity index (χ1) is 7.94. The molecule has 0 heterocycles. The highest BCUT2D eigenvalue weighted by atomic mass is 16.3. The average Bonchev–Trinajstić information content (AvgIpc) is 2.27. The van der Waals surface area contributed by atoms with Crippen LogP contribution in [0.15, 0.2) is 30.3 Å². The molecule has 1 aliphatic carbocycles. The van der Waals surface area contributed by atoms with Gasteiger partial charge in [0.05, 0.1) is 0 Å². The van der Waals surface area contributed by atoms with E-state index in [0.717, 1.165) is 19.3 Å². The number of carbonyl (C=O) groups excluding carboxylic acids is 1. The van der Waals surface area contributed by atoms with Crippen LogP contribution in [0.3, 0.4) is 0 Å². The molecule has 2 heteroatoms. The summed E-state index contributed by atoms with van der Waals surface area (Å²) in [6, 6.07) is 10.0. The lowest BCUT2D eigenvalue weighted by Crippen LogP contribution is -2.49. The molecule has 2 nitrogen and oxygen atoms in total. The highest BCUT2D eigenvalue weighted by Crippen LogP contribution is 2.40. The third kappa shape index (κ3) is 2.42. The van der Waals surface area contributed by atoms with Crippen molar-refractivity contribution >= 4 is 5.78 Å². The molecule has 0 aliphatic heterocycles. The van der Waals surface area contributed by atoms with Gasteiger partial charge in [0.15, 0.2) is 5.78 Å². The number of benzene rings is 1. The zero-order valence-corrected chi connectivity index (χ0v) is 10.6. The molecule has 0 radical (unpaired) electrons. The van der Waals surface area contributed by atoms with E-state index in [0.29, 0.717) is 6.42 Å². The molecule has 92 valence electrons. The Morgan fingerprint density at radius 2 is 1.82 bits per heavy atom. The molecule has 1 fully saturated rings. The van der Waals surface area contributed by atoms with Crippen LogP contribution in [0, 0.1) is 5.41 Å². The van der Waals surface area contributed by atoms with Gasteiger partial charge in [-0.15, -0.1) is 0 Å². The van der Waals surface area contributed by atoms with Crippen molar-refractivity contribution in [3.63, 3.8) is 0 Å². The molecule has 1 aliphatic rings. The quantitative estimate of drug-likeness (QED) is 0.851. The maximum atomic E-state index is 12.3. The Labute approximate surface area is 103 Å². The number of hydrogen-bond donors (Lipinski definition) is 1. The van der Waals surface area contributed by atoms with Crippen LogP contribution < -0.4 is 0 Å². The van der Waals surface area contributed by atoms with Gasteiger partial charge in [0.2, 0.25) is 0 Å². The van der Waals surface area contributed by atoms with Crippen molar-refractivity contribution in [2.75, 3.05) is 0 Å². The van der Waals surface area contributed by atoms with Crippen LogP contribution in [-0.2, 0) is 11.2 Å². The van der Waals surface area contributed by atoms with Crippen LogP contribution in [0.1, 0.15) is 38.7 Å². The monoisotopic (exact) mass is 232 g/mol. The number of ketones is 1. The molecule has 1 aromatic carbocycles. The van der Waals surface area contributed by atoms with E-state index in [1.165, 1.54) is 5.56 Å². The fourth-order valence-corrected chi connectivity index (χ4v) is 2.92. The molecule has 1 saturated carbocycles. The van der Waals surface area contributed by atoms with Crippen LogP contribution in [0.25, 0.3) is 0 Å². The van der Waals surface area contributed by atoms with Crippen molar-refractivity contribution < 1.29 is 9.90 Å². The number of hydrogen-bond acceptors (Lipinski definition) is 2. The lowest BCUT2D eigenvalue weighted by atomic mass is 9.65. The van der Waals surface area contributed by atoms with Gasteiger partial charge < -0.3 is 5.11 Å². The van der Waals surface area contributed by atoms with Crippen LogP contribution in [0.2, 0.25) is 0 Å². The SMILES string of the molecule is CC1(O)CCCC(C)(Cc2ccccc2)C1=O. The highest BCUT2D eigenvalue weighted by molar-refractivity contribution is 5.92. The van der Waals surface area contributed by atoms with Gasteiger partial charge in [-0.2, -0.15) is 0 Å². The van der Waals surface area contributed by atoms with Crippen molar-refractivity contribution in [2.45, 2.75) is 45.1 Å². The van der Waals surface area contributed by atoms with E-state index >= 15 is 0 Å². The predicted molar refractivity (Wildman–Crippen MR) is 67.7 cm³/mol. The van der Waals surface area contributed by atoms with Gasteiger partial charge in [0.25, 0.3) is 0 Å². The molecular formula is C15H20O2. The summed E-state index contributed by atoms with van der Waals surface area (Å²) in [5, 5.41) is 10.1. The molecule has 1 N–H and O–H groups in total. The second kappa shape index (κ2) is 4.26. The van der Waals surface area contributed by atoms with Gasteiger partial charge in [-0.05, 0) is 38.2 Å². The minimum absolute atomic E-state index is 0.0000954. The molecule has 0 bridgehead atoms. The van der Waals surface area contributed by atoms with Gasteiger partial charge in [-0.3, -0.25) is 4.79 Å². The highest BCUT2D eigenvalue weighted by Gasteiger charge is 2.46. The van der Waals surface area contributed by atoms with Crippen molar-refractivity contribution in [3.05, 3.63) is 35.9 Å². The van der Waals surface area contributed by atoms with E-state index in [1.54, 1.807) is 6.92 Å². The molecule has 0 saturated heterocycles. The Bertz CT molecular complexity index is 408. The van der Waals surface area contributed by atoms with E-state index in [4.69, 9.17) is 0 Å². The van der Waals surface area contributed by atoms with Crippen LogP contribution in [0.4, 0.5) is 0 Å². The lowest BCUT2D eigenvalue weighted by Gasteiger charge is -2.40. The van der Waals surface area contributed by atoms with E-state index in [2.05, 4.69) is 0 Å². The van der Waals surface area contributed by atoms with Gasteiger partial charge in [0, 0.05) is 5.41 Å². The van der Waals surface area contributed by atoms with Crippen molar-refractivity contribution in [2.24, 2.45) is 5.41 Å². The number of carbonyl (C=O) groups is 1. The topological polar surface area (TPSA) is 37.3 Å². The standard InChI is InChI=1S/C15H20O2/c1-14(11-12-7-4-3-5-8-12)9-6-10-15(2,17)13(14)16/h3-5,7-8,17H,6,9-11H2,1-2H3. The summed E-state index contributed by atoms with van der Waals surface area (Å²) in [5.41, 5.74) is -0.383. The number of aliphatic hydroxyl groups is 1. The van der Waals surface area contributed by atoms with Crippen LogP contribution in [0.5, 0.6) is 0 Å². The van der Waals surface area contributed by atoms with E-state index < -0.39 is 11.0 Å². The Balaban J connectivity index is 2.21. The Morgan fingerprint density at radius 3 is 2.47 bits per heavy atom. The molecule has 2 atom stereocenters. The first kappa shape index (κ1) is 12.3. The second-order valence-electron chi connectivity index (χ2n) is 5.68. The summed E-state index contributed by atoms with van der Waals surface area (Å²) in [5.74, 6) is 0.0000954. The summed E-state index contributed by atoms with van der Waals surface area (Å²) < 4.78 is 0. The molecule has 17 heavy (non-hydrogen) atoms. The number of rotatable bonds is 2. The average molecular weight is 232 g/mol. The third-order valence-electron chi connectivity index (χ3n) is 3.87. The van der Waals surface area contributed by atoms with Crippen LogP contribution in [-0.4, -0.2) is 16.5 Å². The summed E-state index contributed by atoms with van der Waals surface area (Å²) in [7, 11) is 0. The number of Topliss-reactive ketones (excluding diaryl/α,β-unsaturated/α-hetero) is 1. The Hall–Kier alpha value is -1.15. The molecule has 0 aromatic heterocycles. The Kier molecular flexibility index (Phi) is 3.09. The molecule has 0 spiro atoms. The molecule has 2 unspecified atom stereocenters. The van der Waals surface area contributed by atoms with E-state index in [-0.39, 0.29) is 5.78 Å². The van der Waals surface area contributed by atoms with E-state index in [1.807, 2.05) is 37.3 Å². The maximum absolute atomic E-state index is 12.3. The first-order valence-electron chi connectivity index (χ1n) is 6.25. The van der Waals surface area contributed by atoms with Gasteiger partial charge in [-0.25, -0.2) is 0 Å². The van der Waals surface area contributed by atoms with Crippen molar-refractivity contribution in [1.29, 1.82) is 0 Å². The molecule has 1 aromatic rings. The van der Waals surface area contributed by atoms with Gasteiger partial charge in [-0.1, -0.05) is 37.3 Å². The van der Waals surface area contributed by atoms with Crippen LogP contribution >= 0.6 is 0 Å². The zero-order chi connectivity index (χ0) is 12.5.